The van der Waals surface area contributed by atoms with Crippen molar-refractivity contribution in [3.63, 3.8) is 0 Å². The number of ether oxygens (including phenoxy) is 3. The van der Waals surface area contributed by atoms with Gasteiger partial charge in [-0.15, -0.1) is 0 Å². The van der Waals surface area contributed by atoms with Crippen LogP contribution in [0.4, 0.5) is 0 Å². The number of cyclic esters (lactones) is 1. The molecule has 2 fully saturated rings. The zero-order chi connectivity index (χ0) is 15.2. The average molecular weight is 294 g/mol. The number of rotatable bonds is 2. The van der Waals surface area contributed by atoms with Gasteiger partial charge >= 0.3 is 11.9 Å². The highest BCUT2D eigenvalue weighted by Crippen LogP contribution is 2.54. The molecule has 0 aromatic carbocycles. The molecule has 3 aliphatic rings. The molecule has 0 radical (unpaired) electrons. The molecule has 0 unspecified atom stereocenters. The van der Waals surface area contributed by atoms with Crippen LogP contribution in [0.2, 0.25) is 0 Å². The predicted octanol–water partition coefficient (Wildman–Crippen LogP) is 1.71. The van der Waals surface area contributed by atoms with E-state index in [2.05, 4.69) is 13.8 Å². The Bertz CT molecular complexity index is 489. The van der Waals surface area contributed by atoms with Gasteiger partial charge in [-0.2, -0.15) is 0 Å². The first-order valence-electron chi connectivity index (χ1n) is 7.58. The van der Waals surface area contributed by atoms with Gasteiger partial charge in [-0.25, -0.2) is 4.79 Å². The summed E-state index contributed by atoms with van der Waals surface area (Å²) >= 11 is 0. The number of hydrogen-bond donors (Lipinski definition) is 0. The van der Waals surface area contributed by atoms with E-state index in [-0.39, 0.29) is 30.0 Å². The van der Waals surface area contributed by atoms with E-state index in [0.29, 0.717) is 24.0 Å². The number of epoxide rings is 1. The lowest BCUT2D eigenvalue weighted by Gasteiger charge is -2.40. The van der Waals surface area contributed by atoms with Gasteiger partial charge in [0, 0.05) is 0 Å². The summed E-state index contributed by atoms with van der Waals surface area (Å²) in [6, 6.07) is 0. The van der Waals surface area contributed by atoms with Crippen molar-refractivity contribution in [3.05, 3.63) is 11.6 Å². The number of carbonyl (C=O) groups is 2. The van der Waals surface area contributed by atoms with Crippen LogP contribution in [0.15, 0.2) is 11.6 Å². The van der Waals surface area contributed by atoms with Gasteiger partial charge in [0.05, 0.1) is 25.2 Å². The lowest BCUT2D eigenvalue weighted by Crippen LogP contribution is -2.45. The maximum absolute atomic E-state index is 12.4. The molecule has 4 atom stereocenters. The molecule has 3 rings (SSSR count). The number of fused-ring (bicyclic) bond motifs is 2. The fourth-order valence-corrected chi connectivity index (χ4v) is 3.92. The van der Waals surface area contributed by atoms with E-state index in [1.807, 2.05) is 6.08 Å². The first kappa shape index (κ1) is 14.6. The summed E-state index contributed by atoms with van der Waals surface area (Å²) in [5.74, 6) is -0.156. The number of methoxy groups -OCH3 is 1. The molecule has 0 aromatic rings. The summed E-state index contributed by atoms with van der Waals surface area (Å²) in [4.78, 5) is 24.3. The first-order valence-corrected chi connectivity index (χ1v) is 7.58. The van der Waals surface area contributed by atoms with Crippen molar-refractivity contribution >= 4 is 11.9 Å². The van der Waals surface area contributed by atoms with Gasteiger partial charge in [0.15, 0.2) is 0 Å². The molecule has 0 bridgehead atoms. The standard InChI is InChI=1S/C16H22O5/c1-9(2)11-4-5-16(8-21-16)13-12(11)6-10(14(17)19-3)7-20-15(13)18/h6,9,11-13H,4-5,7-8H2,1-3H3/t11-,12-,13-,16-/m1/s1. The van der Waals surface area contributed by atoms with Crippen molar-refractivity contribution in [1.29, 1.82) is 0 Å². The van der Waals surface area contributed by atoms with Crippen LogP contribution in [-0.2, 0) is 23.8 Å². The van der Waals surface area contributed by atoms with Crippen LogP contribution in [0, 0.1) is 23.7 Å². The molecule has 116 valence electrons. The third-order valence-corrected chi connectivity index (χ3v) is 5.18. The highest BCUT2D eigenvalue weighted by atomic mass is 16.6. The topological polar surface area (TPSA) is 65.1 Å². The molecule has 1 spiro atoms. The van der Waals surface area contributed by atoms with E-state index in [4.69, 9.17) is 14.2 Å². The van der Waals surface area contributed by atoms with Crippen molar-refractivity contribution in [2.45, 2.75) is 32.3 Å². The Kier molecular flexibility index (Phi) is 3.56. The summed E-state index contributed by atoms with van der Waals surface area (Å²) in [6.07, 6.45) is 3.82. The van der Waals surface area contributed by atoms with Crippen molar-refractivity contribution < 1.29 is 23.8 Å². The highest BCUT2D eigenvalue weighted by Gasteiger charge is 2.62. The molecule has 1 saturated heterocycles. The lowest BCUT2D eigenvalue weighted by molar-refractivity contribution is -0.154. The van der Waals surface area contributed by atoms with E-state index in [0.717, 1.165) is 12.8 Å². The third-order valence-electron chi connectivity index (χ3n) is 5.18. The number of allylic oxidation sites excluding steroid dienone is 1. The fourth-order valence-electron chi connectivity index (χ4n) is 3.92. The molecule has 0 aromatic heterocycles. The second kappa shape index (κ2) is 5.13. The number of hydrogen-bond acceptors (Lipinski definition) is 5. The van der Waals surface area contributed by atoms with Crippen LogP contribution in [0.1, 0.15) is 26.7 Å². The van der Waals surface area contributed by atoms with Gasteiger partial charge in [0.25, 0.3) is 0 Å². The molecule has 2 heterocycles. The number of esters is 2. The third kappa shape index (κ3) is 2.37. The van der Waals surface area contributed by atoms with Crippen LogP contribution in [0.5, 0.6) is 0 Å². The van der Waals surface area contributed by atoms with Gasteiger partial charge in [-0.1, -0.05) is 19.9 Å². The van der Waals surface area contributed by atoms with E-state index in [1.165, 1.54) is 7.11 Å². The SMILES string of the molecule is COC(=O)C1=C[C@@H]2[C@@H](C(C)C)CC[C@@]3(CO3)[C@H]2C(=O)OC1. The van der Waals surface area contributed by atoms with Gasteiger partial charge in [0.2, 0.25) is 0 Å². The van der Waals surface area contributed by atoms with Crippen molar-refractivity contribution in [2.75, 3.05) is 20.3 Å². The molecule has 21 heavy (non-hydrogen) atoms. The van der Waals surface area contributed by atoms with Gasteiger partial charge in [-0.05, 0) is 30.6 Å². The second-order valence-corrected chi connectivity index (χ2v) is 6.65. The zero-order valence-electron chi connectivity index (χ0n) is 12.8. The van der Waals surface area contributed by atoms with Crippen molar-refractivity contribution in [1.82, 2.24) is 0 Å². The van der Waals surface area contributed by atoms with Gasteiger partial charge in [0.1, 0.15) is 12.2 Å². The van der Waals surface area contributed by atoms with E-state index in [9.17, 15) is 9.59 Å². The molecule has 0 amide bonds. The molecular weight excluding hydrogens is 272 g/mol. The largest absolute Gasteiger partial charge is 0.466 e. The van der Waals surface area contributed by atoms with Crippen LogP contribution in [0.3, 0.4) is 0 Å². The van der Waals surface area contributed by atoms with Crippen molar-refractivity contribution in [3.8, 4) is 0 Å². The van der Waals surface area contributed by atoms with Gasteiger partial charge < -0.3 is 14.2 Å². The Balaban J connectivity index is 1.99. The summed E-state index contributed by atoms with van der Waals surface area (Å²) in [5, 5.41) is 0. The highest BCUT2D eigenvalue weighted by molar-refractivity contribution is 5.90. The zero-order valence-corrected chi connectivity index (χ0v) is 12.8. The average Bonchev–Trinajstić information content (AvgIpc) is 3.23. The van der Waals surface area contributed by atoms with E-state index in [1.54, 1.807) is 0 Å². The van der Waals surface area contributed by atoms with E-state index < -0.39 is 5.97 Å². The Morgan fingerprint density at radius 1 is 1.48 bits per heavy atom. The van der Waals surface area contributed by atoms with Crippen molar-refractivity contribution in [2.24, 2.45) is 23.7 Å². The van der Waals surface area contributed by atoms with Gasteiger partial charge in [-0.3, -0.25) is 4.79 Å². The Hall–Kier alpha value is -1.36. The Labute approximate surface area is 124 Å². The predicted molar refractivity (Wildman–Crippen MR) is 74.3 cm³/mol. The van der Waals surface area contributed by atoms with Crippen LogP contribution in [0.25, 0.3) is 0 Å². The minimum absolute atomic E-state index is 0.000593. The monoisotopic (exact) mass is 294 g/mol. The Morgan fingerprint density at radius 3 is 2.76 bits per heavy atom. The summed E-state index contributed by atoms with van der Waals surface area (Å²) < 4.78 is 15.8. The normalized spacial score (nSPS) is 38.4. The first-order chi connectivity index (χ1) is 9.98. The minimum atomic E-state index is -0.415. The van der Waals surface area contributed by atoms with E-state index >= 15 is 0 Å². The Morgan fingerprint density at radius 2 is 2.19 bits per heavy atom. The van der Waals surface area contributed by atoms with Crippen LogP contribution < -0.4 is 0 Å². The molecule has 5 heteroatoms. The lowest BCUT2D eigenvalue weighted by atomic mass is 9.63. The van der Waals surface area contributed by atoms with Crippen LogP contribution in [-0.4, -0.2) is 37.9 Å². The summed E-state index contributed by atoms with van der Waals surface area (Å²) in [6.45, 7) is 4.94. The second-order valence-electron chi connectivity index (χ2n) is 6.65. The van der Waals surface area contributed by atoms with Crippen LogP contribution >= 0.6 is 0 Å². The number of carbonyl (C=O) groups excluding carboxylic acids is 2. The fraction of sp³-hybridized carbons (Fsp3) is 0.750. The molecular formula is C16H22O5. The molecule has 0 N–H and O–H groups in total. The molecule has 1 aliphatic carbocycles. The minimum Gasteiger partial charge on any atom is -0.466 e. The smallest absolute Gasteiger partial charge is 0.336 e. The quantitative estimate of drug-likeness (QED) is 0.573. The summed E-state index contributed by atoms with van der Waals surface area (Å²) in [7, 11) is 1.35. The molecule has 2 aliphatic heterocycles. The molecule has 5 nitrogen and oxygen atoms in total. The molecule has 1 saturated carbocycles. The maximum atomic E-state index is 12.4. The maximum Gasteiger partial charge on any atom is 0.336 e. The summed E-state index contributed by atoms with van der Waals surface area (Å²) in [5.41, 5.74) is 0.0940.